The molecule has 1 aromatic carbocycles. The number of anilines is 1. The first-order chi connectivity index (χ1) is 12.8. The first-order valence-corrected chi connectivity index (χ1v) is 9.18. The van der Waals surface area contributed by atoms with Gasteiger partial charge in [0.2, 0.25) is 0 Å². The number of nitrogens with zero attached hydrogens (tertiary/aromatic N) is 5. The van der Waals surface area contributed by atoms with E-state index < -0.39 is 0 Å². The zero-order valence-electron chi connectivity index (χ0n) is 16.0. The van der Waals surface area contributed by atoms with Gasteiger partial charge in [0.25, 0.3) is 0 Å². The molecule has 0 radical (unpaired) electrons. The molecule has 0 aliphatic carbocycles. The van der Waals surface area contributed by atoms with Gasteiger partial charge in [0.1, 0.15) is 5.75 Å². The summed E-state index contributed by atoms with van der Waals surface area (Å²) in [4.78, 5) is 13.6. The molecule has 8 heteroatoms. The average Bonchev–Trinajstić information content (AvgIpc) is 3.21. The van der Waals surface area contributed by atoms with Crippen LogP contribution in [0.3, 0.4) is 0 Å². The number of halogens is 1. The lowest BCUT2D eigenvalue weighted by atomic mass is 10.2. The molecule has 148 valence electrons. The summed E-state index contributed by atoms with van der Waals surface area (Å²) in [5, 5.41) is 3.42. The number of para-hydroxylation sites is 2. The lowest BCUT2D eigenvalue weighted by Gasteiger charge is -2.38. The van der Waals surface area contributed by atoms with Crippen molar-refractivity contribution < 1.29 is 4.74 Å². The van der Waals surface area contributed by atoms with Crippen LogP contribution in [0.25, 0.3) is 0 Å². The van der Waals surface area contributed by atoms with E-state index in [2.05, 4.69) is 39.2 Å². The number of imidazole rings is 1. The van der Waals surface area contributed by atoms with Crippen LogP contribution in [0.15, 0.2) is 48.0 Å². The minimum absolute atomic E-state index is 0. The van der Waals surface area contributed by atoms with Crippen molar-refractivity contribution in [1.82, 2.24) is 19.8 Å². The Hall–Kier alpha value is -1.97. The highest BCUT2D eigenvalue weighted by molar-refractivity contribution is 14.0. The lowest BCUT2D eigenvalue weighted by Crippen LogP contribution is -2.52. The molecular weight excluding hydrogens is 455 g/mol. The van der Waals surface area contributed by atoms with E-state index >= 15 is 0 Å². The molecule has 0 unspecified atom stereocenters. The molecule has 27 heavy (non-hydrogen) atoms. The van der Waals surface area contributed by atoms with E-state index in [-0.39, 0.29) is 24.0 Å². The zero-order valence-corrected chi connectivity index (χ0v) is 18.4. The fraction of sp³-hybridized carbons (Fsp3) is 0.474. The fourth-order valence-electron chi connectivity index (χ4n) is 3.17. The van der Waals surface area contributed by atoms with Crippen LogP contribution in [0.4, 0.5) is 5.69 Å². The Balaban J connectivity index is 0.00000261. The van der Waals surface area contributed by atoms with E-state index in [0.717, 1.165) is 63.2 Å². The van der Waals surface area contributed by atoms with Gasteiger partial charge in [0.15, 0.2) is 5.96 Å². The second kappa shape index (κ2) is 11.0. The monoisotopic (exact) mass is 484 g/mol. The van der Waals surface area contributed by atoms with Crippen molar-refractivity contribution in [3.05, 3.63) is 43.0 Å². The molecule has 0 saturated carbocycles. The molecular formula is C19H29IN6O. The Morgan fingerprint density at radius 2 is 2.00 bits per heavy atom. The molecule has 0 atom stereocenters. The van der Waals surface area contributed by atoms with Crippen LogP contribution in [-0.2, 0) is 6.54 Å². The van der Waals surface area contributed by atoms with Crippen LogP contribution in [0, 0.1) is 0 Å². The van der Waals surface area contributed by atoms with Crippen molar-refractivity contribution in [2.75, 3.05) is 51.3 Å². The second-order valence-corrected chi connectivity index (χ2v) is 6.18. The van der Waals surface area contributed by atoms with Crippen LogP contribution in [-0.4, -0.2) is 66.8 Å². The number of aliphatic imine (C=N–C) groups is 1. The number of benzene rings is 1. The molecule has 1 saturated heterocycles. The molecule has 0 spiro atoms. The molecule has 1 fully saturated rings. The standard InChI is InChI=1S/C19H28N6O.HI/c1-3-21-19(22-9-11-23-10-8-20-16-23)25-14-12-24(13-15-25)17-6-4-5-7-18(17)26-2;/h4-8,10,16H,3,9,11-15H2,1-2H3,(H,21,22);1H. The molecule has 0 amide bonds. The Labute approximate surface area is 178 Å². The number of guanidine groups is 1. The highest BCUT2D eigenvalue weighted by Gasteiger charge is 2.21. The fourth-order valence-corrected chi connectivity index (χ4v) is 3.17. The second-order valence-electron chi connectivity index (χ2n) is 6.18. The van der Waals surface area contributed by atoms with Crippen molar-refractivity contribution in [2.24, 2.45) is 4.99 Å². The number of hydrogen-bond donors (Lipinski definition) is 1. The number of aromatic nitrogens is 2. The highest BCUT2D eigenvalue weighted by Crippen LogP contribution is 2.28. The molecule has 1 aliphatic rings. The normalized spacial score (nSPS) is 14.7. The van der Waals surface area contributed by atoms with Crippen LogP contribution in [0.5, 0.6) is 5.75 Å². The first kappa shape index (κ1) is 21.3. The Bertz CT molecular complexity index is 698. The average molecular weight is 484 g/mol. The number of methoxy groups -OCH3 is 1. The van der Waals surface area contributed by atoms with Crippen LogP contribution in [0.2, 0.25) is 0 Å². The third-order valence-corrected chi connectivity index (χ3v) is 4.52. The van der Waals surface area contributed by atoms with Crippen LogP contribution in [0.1, 0.15) is 6.92 Å². The van der Waals surface area contributed by atoms with Gasteiger partial charge in [-0.05, 0) is 19.1 Å². The molecule has 2 heterocycles. The zero-order chi connectivity index (χ0) is 18.2. The Morgan fingerprint density at radius 1 is 1.22 bits per heavy atom. The van der Waals surface area contributed by atoms with Crippen molar-refractivity contribution in [1.29, 1.82) is 0 Å². The van der Waals surface area contributed by atoms with Crippen LogP contribution < -0.4 is 15.0 Å². The maximum atomic E-state index is 5.50. The van der Waals surface area contributed by atoms with Gasteiger partial charge >= 0.3 is 0 Å². The number of hydrogen-bond acceptors (Lipinski definition) is 4. The smallest absolute Gasteiger partial charge is 0.194 e. The van der Waals surface area contributed by atoms with Crippen LogP contribution >= 0.6 is 24.0 Å². The number of rotatable bonds is 6. The van der Waals surface area contributed by atoms with E-state index in [9.17, 15) is 0 Å². The quantitative estimate of drug-likeness (QED) is 0.388. The summed E-state index contributed by atoms with van der Waals surface area (Å²) in [5.74, 6) is 1.93. The van der Waals surface area contributed by atoms with Crippen molar-refractivity contribution in [2.45, 2.75) is 13.5 Å². The molecule has 7 nitrogen and oxygen atoms in total. The van der Waals surface area contributed by atoms with Crippen molar-refractivity contribution in [3.63, 3.8) is 0 Å². The Kier molecular flexibility index (Phi) is 8.70. The summed E-state index contributed by atoms with van der Waals surface area (Å²) in [6, 6.07) is 8.21. The molecule has 3 rings (SSSR count). The van der Waals surface area contributed by atoms with Gasteiger partial charge in [-0.15, -0.1) is 24.0 Å². The molecule has 2 aromatic rings. The van der Waals surface area contributed by atoms with E-state index in [1.54, 1.807) is 13.3 Å². The van der Waals surface area contributed by atoms with E-state index in [1.165, 1.54) is 0 Å². The van der Waals surface area contributed by atoms with Gasteiger partial charge < -0.3 is 24.4 Å². The largest absolute Gasteiger partial charge is 0.495 e. The maximum absolute atomic E-state index is 5.50. The van der Waals surface area contributed by atoms with E-state index in [0.29, 0.717) is 0 Å². The summed E-state index contributed by atoms with van der Waals surface area (Å²) < 4.78 is 7.55. The minimum Gasteiger partial charge on any atom is -0.495 e. The summed E-state index contributed by atoms with van der Waals surface area (Å²) in [6.07, 6.45) is 5.59. The summed E-state index contributed by atoms with van der Waals surface area (Å²) in [5.41, 5.74) is 1.16. The first-order valence-electron chi connectivity index (χ1n) is 9.18. The number of nitrogens with one attached hydrogen (secondary N) is 1. The molecule has 0 bridgehead atoms. The number of ether oxygens (including phenoxy) is 1. The van der Waals surface area contributed by atoms with Gasteiger partial charge in [0.05, 0.1) is 25.7 Å². The van der Waals surface area contributed by atoms with E-state index in [1.807, 2.05) is 29.2 Å². The van der Waals surface area contributed by atoms with Gasteiger partial charge in [0, 0.05) is 51.7 Å². The third-order valence-electron chi connectivity index (χ3n) is 4.52. The van der Waals surface area contributed by atoms with Gasteiger partial charge in [-0.2, -0.15) is 0 Å². The third kappa shape index (κ3) is 5.75. The molecule has 1 aromatic heterocycles. The van der Waals surface area contributed by atoms with Crippen molar-refractivity contribution >= 4 is 35.6 Å². The Morgan fingerprint density at radius 3 is 2.67 bits per heavy atom. The SMILES string of the molecule is CCNC(=NCCn1ccnc1)N1CCN(c2ccccc2OC)CC1.I. The van der Waals surface area contributed by atoms with Crippen molar-refractivity contribution in [3.8, 4) is 5.75 Å². The number of piperazine rings is 1. The summed E-state index contributed by atoms with van der Waals surface area (Å²) >= 11 is 0. The van der Waals surface area contributed by atoms with Gasteiger partial charge in [-0.25, -0.2) is 4.98 Å². The molecule has 1 N–H and O–H groups in total. The van der Waals surface area contributed by atoms with Gasteiger partial charge in [-0.3, -0.25) is 4.99 Å². The maximum Gasteiger partial charge on any atom is 0.194 e. The highest BCUT2D eigenvalue weighted by atomic mass is 127. The topological polar surface area (TPSA) is 57.9 Å². The predicted octanol–water partition coefficient (Wildman–Crippen LogP) is 2.30. The predicted molar refractivity (Wildman–Crippen MR) is 120 cm³/mol. The van der Waals surface area contributed by atoms with Gasteiger partial charge in [-0.1, -0.05) is 12.1 Å². The minimum atomic E-state index is 0. The lowest BCUT2D eigenvalue weighted by molar-refractivity contribution is 0.367. The summed E-state index contributed by atoms with van der Waals surface area (Å²) in [7, 11) is 1.73. The van der Waals surface area contributed by atoms with E-state index in [4.69, 9.17) is 9.73 Å². The summed E-state index contributed by atoms with van der Waals surface area (Å²) in [6.45, 7) is 8.34. The molecule has 1 aliphatic heterocycles.